The van der Waals surface area contributed by atoms with Gasteiger partial charge in [-0.1, -0.05) is 20.3 Å². The van der Waals surface area contributed by atoms with Gasteiger partial charge in [-0.15, -0.1) is 0 Å². The molecule has 0 aromatic rings. The number of urea groups is 1. The molecule has 0 radical (unpaired) electrons. The molecule has 3 rings (SSSR count). The summed E-state index contributed by atoms with van der Waals surface area (Å²) in [6.07, 6.45) is 5.10. The number of carbonyl (C=O) groups excluding carboxylic acids is 2. The van der Waals surface area contributed by atoms with Crippen LogP contribution in [0.3, 0.4) is 0 Å². The van der Waals surface area contributed by atoms with E-state index in [1.54, 1.807) is 11.8 Å². The van der Waals surface area contributed by atoms with E-state index in [4.69, 9.17) is 0 Å². The highest BCUT2D eigenvalue weighted by molar-refractivity contribution is 8.00. The molecule has 25 heavy (non-hydrogen) atoms. The molecule has 3 aliphatic heterocycles. The molecule has 2 saturated heterocycles. The highest BCUT2D eigenvalue weighted by Crippen LogP contribution is 2.43. The zero-order valence-electron chi connectivity index (χ0n) is 15.4. The Morgan fingerprint density at radius 2 is 2.12 bits per heavy atom. The van der Waals surface area contributed by atoms with Crippen molar-refractivity contribution in [1.29, 1.82) is 0 Å². The lowest BCUT2D eigenvalue weighted by Gasteiger charge is -2.33. The molecule has 6 nitrogen and oxygen atoms in total. The van der Waals surface area contributed by atoms with Gasteiger partial charge in [0.15, 0.2) is 0 Å². The third kappa shape index (κ3) is 3.45. The highest BCUT2D eigenvalue weighted by Gasteiger charge is 2.48. The normalized spacial score (nSPS) is 35.1. The van der Waals surface area contributed by atoms with Crippen molar-refractivity contribution in [3.8, 4) is 0 Å². The van der Waals surface area contributed by atoms with Crippen LogP contribution in [0.5, 0.6) is 0 Å². The van der Waals surface area contributed by atoms with Gasteiger partial charge in [0.25, 0.3) is 0 Å². The van der Waals surface area contributed by atoms with Crippen LogP contribution < -0.4 is 5.32 Å². The second-order valence-electron chi connectivity index (χ2n) is 8.62. The molecule has 1 N–H and O–H groups in total. The number of thioether (sulfide) groups is 1. The van der Waals surface area contributed by atoms with E-state index in [0.29, 0.717) is 11.5 Å². The first-order valence-electron chi connectivity index (χ1n) is 9.11. The van der Waals surface area contributed by atoms with Crippen molar-refractivity contribution in [2.75, 3.05) is 5.75 Å². The number of Topliss-reactive ketones (excluding diaryl/α,β-unsaturated/α-hetero) is 1. The van der Waals surface area contributed by atoms with E-state index in [9.17, 15) is 14.8 Å². The third-order valence-electron chi connectivity index (χ3n) is 5.73. The van der Waals surface area contributed by atoms with Crippen LogP contribution in [0, 0.1) is 16.5 Å². The maximum Gasteiger partial charge on any atom is 0.307 e. The summed E-state index contributed by atoms with van der Waals surface area (Å²) in [4.78, 5) is 28.7. The van der Waals surface area contributed by atoms with Gasteiger partial charge in [0.2, 0.25) is 0 Å². The second kappa shape index (κ2) is 6.58. The summed E-state index contributed by atoms with van der Waals surface area (Å²) >= 11 is 1.76. The van der Waals surface area contributed by atoms with Crippen molar-refractivity contribution in [2.45, 2.75) is 76.3 Å². The quantitative estimate of drug-likeness (QED) is 0.578. The van der Waals surface area contributed by atoms with Gasteiger partial charge < -0.3 is 15.6 Å². The first kappa shape index (κ1) is 18.7. The Balaban J connectivity index is 1.46. The van der Waals surface area contributed by atoms with Crippen LogP contribution in [-0.2, 0) is 4.79 Å². The molecule has 140 valence electrons. The number of hydrogen-bond donors (Lipinski definition) is 1. The molecule has 0 bridgehead atoms. The van der Waals surface area contributed by atoms with Crippen molar-refractivity contribution < 1.29 is 9.59 Å². The average molecular weight is 367 g/mol. The standard InChI is InChI=1S/C18H28N3O3S/c1-17(2)10-19-18(3,4)15(17)12(22)7-5-6-8-13-14-11(9-25-13)20-16(23)21(14)24/h10-11,13-15H,5-9H2,1-4H3,(H,20,23)/q-1/t11-,13-,14-,15?/m0/s1. The van der Waals surface area contributed by atoms with Gasteiger partial charge in [0.05, 0.1) is 23.5 Å². The van der Waals surface area contributed by atoms with E-state index in [0.717, 1.165) is 25.0 Å². The van der Waals surface area contributed by atoms with E-state index < -0.39 is 6.03 Å². The summed E-state index contributed by atoms with van der Waals surface area (Å²) in [5, 5.41) is 15.4. The lowest BCUT2D eigenvalue weighted by molar-refractivity contribution is -0.126. The first-order chi connectivity index (χ1) is 11.6. The van der Waals surface area contributed by atoms with Gasteiger partial charge in [-0.2, -0.15) is 11.8 Å². The maximum atomic E-state index is 12.8. The number of hydroxylamine groups is 2. The fraction of sp³-hybridized carbons (Fsp3) is 0.833. The van der Waals surface area contributed by atoms with Gasteiger partial charge in [0, 0.05) is 29.1 Å². The van der Waals surface area contributed by atoms with Crippen molar-refractivity contribution in [3.05, 3.63) is 5.21 Å². The Labute approximate surface area is 153 Å². The molecular formula is C18H28N3O3S-. The average Bonchev–Trinajstić information content (AvgIpc) is 3.09. The molecule has 7 heteroatoms. The van der Waals surface area contributed by atoms with Crippen LogP contribution in [0.2, 0.25) is 0 Å². The minimum absolute atomic E-state index is 0.0149. The Kier molecular flexibility index (Phi) is 4.92. The number of unbranched alkanes of at least 4 members (excludes halogenated alkanes) is 1. The Hall–Kier alpha value is -1.08. The van der Waals surface area contributed by atoms with Crippen LogP contribution in [0.1, 0.15) is 53.4 Å². The van der Waals surface area contributed by atoms with E-state index in [1.165, 1.54) is 0 Å². The summed E-state index contributed by atoms with van der Waals surface area (Å²) in [6.45, 7) is 8.22. The topological polar surface area (TPSA) is 84.8 Å². The van der Waals surface area contributed by atoms with Crippen LogP contribution in [-0.4, -0.2) is 51.7 Å². The molecule has 3 aliphatic rings. The van der Waals surface area contributed by atoms with Crippen LogP contribution >= 0.6 is 11.8 Å². The summed E-state index contributed by atoms with van der Waals surface area (Å²) in [7, 11) is 0. The molecule has 0 aromatic carbocycles. The number of ketones is 1. The Morgan fingerprint density at radius 3 is 2.76 bits per heavy atom. The van der Waals surface area contributed by atoms with E-state index >= 15 is 0 Å². The number of nitrogens with zero attached hydrogens (tertiary/aromatic N) is 2. The lowest BCUT2D eigenvalue weighted by Crippen LogP contribution is -2.40. The fourth-order valence-electron chi connectivity index (χ4n) is 4.73. The van der Waals surface area contributed by atoms with Gasteiger partial charge >= 0.3 is 6.03 Å². The van der Waals surface area contributed by atoms with Gasteiger partial charge in [-0.05, 0) is 26.7 Å². The number of hydrogen-bond acceptors (Lipinski definition) is 5. The fourth-order valence-corrected chi connectivity index (χ4v) is 6.29. The number of carbonyl (C=O) groups is 2. The minimum atomic E-state index is -0.499. The SMILES string of the molecule is CC1(C)C=NC(C)(C)C1C(=O)CCCC[C@@H]1SC[C@@H]2NC(=O)N([O-])[C@@H]21. The van der Waals surface area contributed by atoms with E-state index in [2.05, 4.69) is 24.2 Å². The Morgan fingerprint density at radius 1 is 1.40 bits per heavy atom. The smallest absolute Gasteiger partial charge is 0.307 e. The van der Waals surface area contributed by atoms with Crippen molar-refractivity contribution in [1.82, 2.24) is 10.4 Å². The first-order valence-corrected chi connectivity index (χ1v) is 10.2. The number of nitrogens with one attached hydrogen (secondary N) is 1. The van der Waals surface area contributed by atoms with Gasteiger partial charge in [0.1, 0.15) is 5.78 Å². The van der Waals surface area contributed by atoms with Gasteiger partial charge in [-0.3, -0.25) is 9.79 Å². The number of rotatable bonds is 6. The summed E-state index contributed by atoms with van der Waals surface area (Å²) in [6, 6.07) is -0.755. The van der Waals surface area contributed by atoms with E-state index in [1.807, 2.05) is 20.1 Å². The van der Waals surface area contributed by atoms with Crippen LogP contribution in [0.15, 0.2) is 4.99 Å². The number of aliphatic imine (C=N–C) groups is 1. The largest absolute Gasteiger partial charge is 0.755 e. The molecular weight excluding hydrogens is 338 g/mol. The molecule has 0 saturated carbocycles. The molecule has 0 spiro atoms. The highest BCUT2D eigenvalue weighted by atomic mass is 32.2. The zero-order valence-corrected chi connectivity index (χ0v) is 16.3. The molecule has 3 heterocycles. The Bertz CT molecular complexity index is 572. The van der Waals surface area contributed by atoms with Crippen LogP contribution in [0.4, 0.5) is 4.79 Å². The predicted octanol–water partition coefficient (Wildman–Crippen LogP) is 3.00. The zero-order chi connectivity index (χ0) is 18.4. The molecule has 2 fully saturated rings. The van der Waals surface area contributed by atoms with Gasteiger partial charge in [-0.25, -0.2) is 4.79 Å². The lowest BCUT2D eigenvalue weighted by atomic mass is 9.70. The predicted molar refractivity (Wildman–Crippen MR) is 101 cm³/mol. The maximum absolute atomic E-state index is 12.8. The summed E-state index contributed by atoms with van der Waals surface area (Å²) in [5.74, 6) is 1.02. The number of amides is 2. The molecule has 4 atom stereocenters. The molecule has 1 unspecified atom stereocenters. The van der Waals surface area contributed by atoms with Crippen molar-refractivity contribution in [2.24, 2.45) is 16.3 Å². The second-order valence-corrected chi connectivity index (χ2v) is 9.89. The van der Waals surface area contributed by atoms with Crippen LogP contribution in [0.25, 0.3) is 0 Å². The number of fused-ring (bicyclic) bond motifs is 1. The molecule has 0 aromatic heterocycles. The summed E-state index contributed by atoms with van der Waals surface area (Å²) in [5.41, 5.74) is -0.512. The minimum Gasteiger partial charge on any atom is -0.755 e. The molecule has 2 amide bonds. The summed E-state index contributed by atoms with van der Waals surface area (Å²) < 4.78 is 0. The molecule has 0 aliphatic carbocycles. The third-order valence-corrected chi connectivity index (χ3v) is 7.22. The van der Waals surface area contributed by atoms with Crippen molar-refractivity contribution in [3.63, 3.8) is 0 Å². The monoisotopic (exact) mass is 366 g/mol. The van der Waals surface area contributed by atoms with Crippen molar-refractivity contribution >= 4 is 29.8 Å². The van der Waals surface area contributed by atoms with E-state index in [-0.39, 0.29) is 40.0 Å².